The van der Waals surface area contributed by atoms with Crippen LogP contribution in [0.3, 0.4) is 0 Å². The number of sulfonamides is 1. The van der Waals surface area contributed by atoms with E-state index in [0.717, 1.165) is 17.5 Å². The molecule has 2 atom stereocenters. The number of aromatic nitrogens is 4. The number of fused-ring (bicyclic) bond motifs is 3. The number of nitrogens with zero attached hydrogens (tertiary/aromatic N) is 4. The monoisotopic (exact) mass is 444 g/mol. The Kier molecular flexibility index (Phi) is 5.39. The Balaban J connectivity index is 1.58. The van der Waals surface area contributed by atoms with Crippen molar-refractivity contribution in [2.45, 2.75) is 38.4 Å². The second-order valence-corrected chi connectivity index (χ2v) is 9.65. The Hall–Kier alpha value is -2.34. The van der Waals surface area contributed by atoms with Gasteiger partial charge in [0.25, 0.3) is 0 Å². The maximum atomic E-state index is 12.5. The van der Waals surface area contributed by atoms with Gasteiger partial charge in [-0.3, -0.25) is 4.40 Å². The molecule has 0 bridgehead atoms. The number of nitrogens with one attached hydrogen (secondary N) is 2. The molecule has 0 aromatic carbocycles. The Morgan fingerprint density at radius 3 is 2.80 bits per heavy atom. The molecule has 4 heterocycles. The molecule has 3 aromatic heterocycles. The minimum absolute atomic E-state index is 0.106. The van der Waals surface area contributed by atoms with E-state index in [-0.39, 0.29) is 25.0 Å². The van der Waals surface area contributed by atoms with Crippen molar-refractivity contribution < 1.29 is 21.6 Å². The quantitative estimate of drug-likeness (QED) is 0.610. The molecule has 1 aliphatic heterocycles. The summed E-state index contributed by atoms with van der Waals surface area (Å²) in [5.74, 6) is -0.202. The summed E-state index contributed by atoms with van der Waals surface area (Å²) in [5, 5.41) is 3.34. The van der Waals surface area contributed by atoms with Crippen molar-refractivity contribution in [1.29, 1.82) is 0 Å². The first-order chi connectivity index (χ1) is 14.2. The van der Waals surface area contributed by atoms with E-state index in [1.807, 2.05) is 17.4 Å². The van der Waals surface area contributed by atoms with Crippen LogP contribution in [-0.4, -0.2) is 63.1 Å². The van der Waals surface area contributed by atoms with Gasteiger partial charge in [0.2, 0.25) is 16.0 Å². The number of anilines is 1. The lowest BCUT2D eigenvalue weighted by Crippen LogP contribution is -2.50. The lowest BCUT2D eigenvalue weighted by atomic mass is 9.90. The topological polar surface area (TPSA) is 95.4 Å². The maximum absolute atomic E-state index is 12.5. The largest absolute Gasteiger partial charge is 0.390 e. The summed E-state index contributed by atoms with van der Waals surface area (Å²) in [6, 6.07) is 1.60. The van der Waals surface area contributed by atoms with Crippen LogP contribution < -0.4 is 5.32 Å². The second kappa shape index (κ2) is 7.73. The molecule has 0 unspecified atom stereocenters. The highest BCUT2D eigenvalue weighted by Gasteiger charge is 2.37. The number of alkyl halides is 3. The summed E-state index contributed by atoms with van der Waals surface area (Å²) in [6.45, 7) is 2.35. The first-order valence-corrected chi connectivity index (χ1v) is 11.4. The zero-order valence-corrected chi connectivity index (χ0v) is 17.2. The fraction of sp³-hybridized carbons (Fsp3) is 0.556. The Labute approximate surface area is 171 Å². The molecule has 0 spiro atoms. The van der Waals surface area contributed by atoms with Gasteiger partial charge in [-0.1, -0.05) is 13.3 Å². The van der Waals surface area contributed by atoms with E-state index in [1.54, 1.807) is 18.6 Å². The Morgan fingerprint density at radius 1 is 1.30 bits per heavy atom. The Bertz CT molecular complexity index is 1140. The molecule has 1 saturated heterocycles. The van der Waals surface area contributed by atoms with Crippen LogP contribution in [0.1, 0.15) is 26.2 Å². The van der Waals surface area contributed by atoms with Crippen LogP contribution >= 0.6 is 0 Å². The summed E-state index contributed by atoms with van der Waals surface area (Å²) in [6.07, 6.45) is 0.669. The van der Waals surface area contributed by atoms with Gasteiger partial charge in [-0.15, -0.1) is 0 Å². The highest BCUT2D eigenvalue weighted by Crippen LogP contribution is 2.28. The molecule has 1 aliphatic rings. The SMILES string of the molecule is CC[C@@H]1CCN(S(=O)(=O)CCC(F)(F)F)C[C@H]1Nc1ncc2cnc3[nH]ccc3n12. The molecule has 1 fully saturated rings. The van der Waals surface area contributed by atoms with Gasteiger partial charge in [0.1, 0.15) is 0 Å². The average Bonchev–Trinajstić information content (AvgIpc) is 3.32. The zero-order chi connectivity index (χ0) is 21.5. The molecule has 0 aliphatic carbocycles. The zero-order valence-electron chi connectivity index (χ0n) is 16.4. The van der Waals surface area contributed by atoms with Crippen LogP contribution in [0.5, 0.6) is 0 Å². The van der Waals surface area contributed by atoms with E-state index < -0.39 is 28.4 Å². The minimum Gasteiger partial charge on any atom is -0.351 e. The number of imidazole rings is 1. The molecular formula is C18H23F3N6O2S. The molecular weight excluding hydrogens is 421 g/mol. The predicted molar refractivity (Wildman–Crippen MR) is 107 cm³/mol. The number of piperidine rings is 1. The molecule has 2 N–H and O–H groups in total. The molecule has 8 nitrogen and oxygen atoms in total. The van der Waals surface area contributed by atoms with Crippen molar-refractivity contribution >= 4 is 32.7 Å². The molecule has 12 heteroatoms. The first-order valence-electron chi connectivity index (χ1n) is 9.78. The van der Waals surface area contributed by atoms with Gasteiger partial charge in [-0.25, -0.2) is 18.4 Å². The number of H-pyrrole nitrogens is 1. The highest BCUT2D eigenvalue weighted by atomic mass is 32.2. The van der Waals surface area contributed by atoms with Crippen LogP contribution in [0.25, 0.3) is 16.7 Å². The molecule has 0 amide bonds. The van der Waals surface area contributed by atoms with Crippen molar-refractivity contribution in [3.8, 4) is 0 Å². The molecule has 30 heavy (non-hydrogen) atoms. The maximum Gasteiger partial charge on any atom is 0.390 e. The third kappa shape index (κ3) is 4.10. The lowest BCUT2D eigenvalue weighted by molar-refractivity contribution is -0.130. The van der Waals surface area contributed by atoms with Gasteiger partial charge in [-0.2, -0.15) is 17.5 Å². The number of hydrogen-bond acceptors (Lipinski definition) is 5. The number of hydrogen-bond donors (Lipinski definition) is 2. The van der Waals surface area contributed by atoms with Crippen molar-refractivity contribution in [3.63, 3.8) is 0 Å². The summed E-state index contributed by atoms with van der Waals surface area (Å²) >= 11 is 0. The summed E-state index contributed by atoms with van der Waals surface area (Å²) in [7, 11) is -4.00. The van der Waals surface area contributed by atoms with Crippen LogP contribution in [-0.2, 0) is 10.0 Å². The van der Waals surface area contributed by atoms with Gasteiger partial charge in [0.05, 0.1) is 35.6 Å². The van der Waals surface area contributed by atoms with Crippen LogP contribution in [0.15, 0.2) is 24.7 Å². The smallest absolute Gasteiger partial charge is 0.351 e. The second-order valence-electron chi connectivity index (χ2n) is 7.56. The number of rotatable bonds is 6. The van der Waals surface area contributed by atoms with E-state index in [2.05, 4.69) is 20.3 Å². The summed E-state index contributed by atoms with van der Waals surface area (Å²) < 4.78 is 65.7. The number of halogens is 3. The number of aromatic amines is 1. The molecule has 164 valence electrons. The standard InChI is InChI=1S/C18H23F3N6O2S/c1-2-12-4-7-26(30(28,29)8-5-18(19,20)21)11-14(12)25-17-24-10-13-9-23-16-15(27(13)17)3-6-22-16/h3,6,9-10,12,14,22H,2,4-5,7-8,11H2,1H3,(H,24,25)/t12-,14-/m1/s1. The van der Waals surface area contributed by atoms with Crippen molar-refractivity contribution in [3.05, 3.63) is 24.7 Å². The molecule has 3 aromatic rings. The predicted octanol–water partition coefficient (Wildman–Crippen LogP) is 3.01. The minimum atomic E-state index is -4.50. The first kappa shape index (κ1) is 20.9. The van der Waals surface area contributed by atoms with E-state index >= 15 is 0 Å². The highest BCUT2D eigenvalue weighted by molar-refractivity contribution is 7.89. The van der Waals surface area contributed by atoms with Crippen molar-refractivity contribution in [1.82, 2.24) is 23.7 Å². The van der Waals surface area contributed by atoms with Crippen molar-refractivity contribution in [2.75, 3.05) is 24.2 Å². The third-order valence-corrected chi connectivity index (χ3v) is 7.49. The van der Waals surface area contributed by atoms with Crippen LogP contribution in [0.4, 0.5) is 19.1 Å². The van der Waals surface area contributed by atoms with Gasteiger partial charge in [-0.05, 0) is 18.4 Å². The summed E-state index contributed by atoms with van der Waals surface area (Å²) in [4.78, 5) is 11.8. The van der Waals surface area contributed by atoms with Gasteiger partial charge >= 0.3 is 6.18 Å². The van der Waals surface area contributed by atoms with E-state index in [4.69, 9.17) is 0 Å². The molecule has 0 saturated carbocycles. The van der Waals surface area contributed by atoms with Gasteiger partial charge in [0.15, 0.2) is 5.65 Å². The average molecular weight is 444 g/mol. The molecule has 4 rings (SSSR count). The Morgan fingerprint density at radius 2 is 2.07 bits per heavy atom. The van der Waals surface area contributed by atoms with Gasteiger partial charge in [0, 0.05) is 25.3 Å². The van der Waals surface area contributed by atoms with Crippen LogP contribution in [0, 0.1) is 5.92 Å². The fourth-order valence-electron chi connectivity index (χ4n) is 3.99. The third-order valence-electron chi connectivity index (χ3n) is 5.65. The van der Waals surface area contributed by atoms with E-state index in [0.29, 0.717) is 18.0 Å². The van der Waals surface area contributed by atoms with E-state index in [9.17, 15) is 21.6 Å². The van der Waals surface area contributed by atoms with Gasteiger partial charge < -0.3 is 10.3 Å². The normalized spacial score (nSPS) is 21.5. The lowest BCUT2D eigenvalue weighted by Gasteiger charge is -2.38. The molecule has 0 radical (unpaired) electrons. The van der Waals surface area contributed by atoms with Crippen LogP contribution in [0.2, 0.25) is 0 Å². The van der Waals surface area contributed by atoms with Crippen molar-refractivity contribution in [2.24, 2.45) is 5.92 Å². The fourth-order valence-corrected chi connectivity index (χ4v) is 5.51. The van der Waals surface area contributed by atoms with E-state index in [1.165, 1.54) is 4.31 Å². The summed E-state index contributed by atoms with van der Waals surface area (Å²) in [5.41, 5.74) is 2.30.